The maximum Gasteiger partial charge on any atom is 0.231 e. The van der Waals surface area contributed by atoms with Gasteiger partial charge in [-0.2, -0.15) is 10.2 Å². The summed E-state index contributed by atoms with van der Waals surface area (Å²) in [7, 11) is 0. The van der Waals surface area contributed by atoms with Gasteiger partial charge in [-0.15, -0.1) is 0 Å². The van der Waals surface area contributed by atoms with Crippen molar-refractivity contribution >= 4 is 0 Å². The molecule has 2 saturated heterocycles. The maximum absolute atomic E-state index is 9.16. The fourth-order valence-electron chi connectivity index (χ4n) is 3.82. The van der Waals surface area contributed by atoms with E-state index in [0.717, 1.165) is 19.7 Å². The Hall–Kier alpha value is -1.45. The Morgan fingerprint density at radius 2 is 2.29 bits per heavy atom. The molecule has 0 spiro atoms. The SMILES string of the molecule is CC1(C)C(C#N)C1c1nc(C2CN3CCCC3CO2)no1. The van der Waals surface area contributed by atoms with Crippen molar-refractivity contribution in [2.24, 2.45) is 11.3 Å². The lowest BCUT2D eigenvalue weighted by molar-refractivity contribution is -0.0548. The van der Waals surface area contributed by atoms with Gasteiger partial charge in [-0.25, -0.2) is 0 Å². The van der Waals surface area contributed by atoms with Crippen LogP contribution in [-0.4, -0.2) is 40.8 Å². The largest absolute Gasteiger partial charge is 0.367 e. The molecule has 21 heavy (non-hydrogen) atoms. The molecular formula is C15H20N4O2. The van der Waals surface area contributed by atoms with Crippen LogP contribution >= 0.6 is 0 Å². The Morgan fingerprint density at radius 3 is 3.05 bits per heavy atom. The van der Waals surface area contributed by atoms with Crippen LogP contribution in [0.15, 0.2) is 4.52 Å². The van der Waals surface area contributed by atoms with Crippen LogP contribution in [0.5, 0.6) is 0 Å². The Bertz CT molecular complexity index is 591. The monoisotopic (exact) mass is 288 g/mol. The van der Waals surface area contributed by atoms with Crippen molar-refractivity contribution < 1.29 is 9.26 Å². The highest BCUT2D eigenvalue weighted by Gasteiger charge is 2.62. The fraction of sp³-hybridized carbons (Fsp3) is 0.800. The number of fused-ring (bicyclic) bond motifs is 1. The summed E-state index contributed by atoms with van der Waals surface area (Å²) in [5.41, 5.74) is -0.0635. The molecule has 0 aromatic carbocycles. The van der Waals surface area contributed by atoms with Crippen LogP contribution in [0.4, 0.5) is 0 Å². The van der Waals surface area contributed by atoms with Crippen LogP contribution in [0, 0.1) is 22.7 Å². The van der Waals surface area contributed by atoms with Crippen molar-refractivity contribution in [3.63, 3.8) is 0 Å². The summed E-state index contributed by atoms with van der Waals surface area (Å²) in [6.07, 6.45) is 2.38. The van der Waals surface area contributed by atoms with Crippen LogP contribution in [0.3, 0.4) is 0 Å². The van der Waals surface area contributed by atoms with Crippen molar-refractivity contribution in [3.05, 3.63) is 11.7 Å². The maximum atomic E-state index is 9.16. The number of ether oxygens (including phenoxy) is 1. The molecule has 1 aromatic heterocycles. The molecule has 3 aliphatic rings. The lowest BCUT2D eigenvalue weighted by Crippen LogP contribution is -2.42. The molecule has 4 atom stereocenters. The third kappa shape index (κ3) is 1.99. The second-order valence-corrected chi connectivity index (χ2v) is 7.01. The van der Waals surface area contributed by atoms with E-state index in [1.807, 2.05) is 0 Å². The van der Waals surface area contributed by atoms with Gasteiger partial charge in [-0.3, -0.25) is 4.90 Å². The molecular weight excluding hydrogens is 268 g/mol. The second kappa shape index (κ2) is 4.52. The van der Waals surface area contributed by atoms with Crippen molar-refractivity contribution in [2.75, 3.05) is 19.7 Å². The average molecular weight is 288 g/mol. The normalized spacial score (nSPS) is 38.0. The lowest BCUT2D eigenvalue weighted by Gasteiger charge is -2.33. The third-order valence-electron chi connectivity index (χ3n) is 5.37. The molecule has 6 heteroatoms. The van der Waals surface area contributed by atoms with E-state index in [1.54, 1.807) is 0 Å². The molecule has 1 aliphatic carbocycles. The minimum atomic E-state index is -0.0979. The molecule has 112 valence electrons. The van der Waals surface area contributed by atoms with Crippen LogP contribution < -0.4 is 0 Å². The molecule has 4 unspecified atom stereocenters. The van der Waals surface area contributed by atoms with E-state index in [1.165, 1.54) is 12.8 Å². The van der Waals surface area contributed by atoms with Gasteiger partial charge in [0.25, 0.3) is 0 Å². The molecule has 0 N–H and O–H groups in total. The van der Waals surface area contributed by atoms with Crippen molar-refractivity contribution in [2.45, 2.75) is 44.8 Å². The fourth-order valence-corrected chi connectivity index (χ4v) is 3.82. The van der Waals surface area contributed by atoms with Crippen molar-refractivity contribution in [1.82, 2.24) is 15.0 Å². The zero-order valence-corrected chi connectivity index (χ0v) is 12.5. The minimum Gasteiger partial charge on any atom is -0.367 e. The number of nitriles is 1. The molecule has 0 radical (unpaired) electrons. The number of hydrogen-bond donors (Lipinski definition) is 0. The van der Waals surface area contributed by atoms with E-state index in [9.17, 15) is 0 Å². The highest BCUT2D eigenvalue weighted by atomic mass is 16.5. The van der Waals surface area contributed by atoms with Gasteiger partial charge in [0, 0.05) is 12.6 Å². The topological polar surface area (TPSA) is 75.2 Å². The summed E-state index contributed by atoms with van der Waals surface area (Å²) in [5.74, 6) is 1.26. The van der Waals surface area contributed by atoms with E-state index < -0.39 is 0 Å². The third-order valence-corrected chi connectivity index (χ3v) is 5.37. The number of morpholine rings is 1. The lowest BCUT2D eigenvalue weighted by atomic mass is 10.1. The predicted molar refractivity (Wildman–Crippen MR) is 73.2 cm³/mol. The molecule has 3 fully saturated rings. The van der Waals surface area contributed by atoms with Crippen LogP contribution in [0.25, 0.3) is 0 Å². The van der Waals surface area contributed by atoms with E-state index >= 15 is 0 Å². The predicted octanol–water partition coefficient (Wildman–Crippen LogP) is 1.87. The van der Waals surface area contributed by atoms with Crippen molar-refractivity contribution in [1.29, 1.82) is 5.26 Å². The second-order valence-electron chi connectivity index (χ2n) is 7.01. The van der Waals surface area contributed by atoms with E-state index in [-0.39, 0.29) is 23.4 Å². The zero-order valence-electron chi connectivity index (χ0n) is 12.5. The Kier molecular flexibility index (Phi) is 2.85. The highest BCUT2D eigenvalue weighted by molar-refractivity contribution is 5.26. The van der Waals surface area contributed by atoms with E-state index in [4.69, 9.17) is 14.5 Å². The summed E-state index contributed by atoms with van der Waals surface area (Å²) in [4.78, 5) is 6.99. The first-order valence-corrected chi connectivity index (χ1v) is 7.70. The number of rotatable bonds is 2. The molecule has 0 bridgehead atoms. The van der Waals surface area contributed by atoms with Crippen LogP contribution in [0.1, 0.15) is 50.4 Å². The quantitative estimate of drug-likeness (QED) is 0.827. The zero-order chi connectivity index (χ0) is 14.6. The minimum absolute atomic E-state index is 0.0268. The van der Waals surface area contributed by atoms with Gasteiger partial charge in [0.1, 0.15) is 6.10 Å². The van der Waals surface area contributed by atoms with Gasteiger partial charge in [0.05, 0.1) is 24.5 Å². The molecule has 4 rings (SSSR count). The number of aromatic nitrogens is 2. The number of hydrogen-bond acceptors (Lipinski definition) is 6. The summed E-state index contributed by atoms with van der Waals surface area (Å²) >= 11 is 0. The van der Waals surface area contributed by atoms with Crippen LogP contribution in [0.2, 0.25) is 0 Å². The summed E-state index contributed by atoms with van der Waals surface area (Å²) in [6, 6.07) is 2.90. The molecule has 1 saturated carbocycles. The van der Waals surface area contributed by atoms with Crippen molar-refractivity contribution in [3.8, 4) is 6.07 Å². The molecule has 6 nitrogen and oxygen atoms in total. The summed E-state index contributed by atoms with van der Waals surface area (Å²) < 4.78 is 11.3. The van der Waals surface area contributed by atoms with Gasteiger partial charge < -0.3 is 9.26 Å². The Balaban J connectivity index is 1.49. The van der Waals surface area contributed by atoms with Gasteiger partial charge in [0.15, 0.2) is 0 Å². The van der Waals surface area contributed by atoms with Gasteiger partial charge in [-0.05, 0) is 24.8 Å². The molecule has 3 heterocycles. The van der Waals surface area contributed by atoms with E-state index in [0.29, 0.717) is 17.8 Å². The first kappa shape index (κ1) is 13.2. The summed E-state index contributed by atoms with van der Waals surface area (Å²) in [5, 5.41) is 13.3. The standard InChI is InChI=1S/C15H20N4O2/c1-15(2)10(6-16)12(15)14-17-13(18-21-14)11-7-19-5-3-4-9(19)8-20-11/h9-12H,3-5,7-8H2,1-2H3. The van der Waals surface area contributed by atoms with Crippen LogP contribution in [-0.2, 0) is 4.74 Å². The molecule has 2 aliphatic heterocycles. The average Bonchev–Trinajstić information content (AvgIpc) is 2.91. The Morgan fingerprint density at radius 1 is 1.43 bits per heavy atom. The first-order chi connectivity index (χ1) is 10.1. The van der Waals surface area contributed by atoms with Gasteiger partial charge >= 0.3 is 0 Å². The molecule has 0 amide bonds. The first-order valence-electron chi connectivity index (χ1n) is 7.70. The van der Waals surface area contributed by atoms with E-state index in [2.05, 4.69) is 35.0 Å². The highest BCUT2D eigenvalue weighted by Crippen LogP contribution is 2.63. The Labute approximate surface area is 124 Å². The number of nitrogens with zero attached hydrogens (tertiary/aromatic N) is 4. The smallest absolute Gasteiger partial charge is 0.231 e. The van der Waals surface area contributed by atoms with Gasteiger partial charge in [0.2, 0.25) is 11.7 Å². The van der Waals surface area contributed by atoms with Gasteiger partial charge in [-0.1, -0.05) is 19.0 Å². The summed E-state index contributed by atoms with van der Waals surface area (Å²) in [6.45, 7) is 6.88. The molecule has 1 aromatic rings.